The number of tetrazole rings is 1. The molecule has 152 valence electrons. The van der Waals surface area contributed by atoms with E-state index in [2.05, 4.69) is 15.5 Å². The van der Waals surface area contributed by atoms with Crippen LogP contribution >= 0.6 is 23.4 Å². The van der Waals surface area contributed by atoms with Gasteiger partial charge in [-0.15, -0.1) is 5.10 Å². The number of carbonyl (C=O) groups is 1. The topological polar surface area (TPSA) is 98.1 Å². The second-order valence-electron chi connectivity index (χ2n) is 6.64. The Balaban J connectivity index is 1.68. The van der Waals surface area contributed by atoms with Crippen molar-refractivity contribution in [2.75, 3.05) is 23.8 Å². The number of rotatable bonds is 8. The van der Waals surface area contributed by atoms with Gasteiger partial charge in [0.05, 0.1) is 22.9 Å². The molecule has 1 amide bonds. The summed E-state index contributed by atoms with van der Waals surface area (Å²) in [6.07, 6.45) is 2.28. The summed E-state index contributed by atoms with van der Waals surface area (Å²) in [6, 6.07) is 6.83. The van der Waals surface area contributed by atoms with Gasteiger partial charge in [0.15, 0.2) is 9.84 Å². The van der Waals surface area contributed by atoms with Crippen LogP contribution in [0.25, 0.3) is 5.69 Å². The van der Waals surface area contributed by atoms with Crippen molar-refractivity contribution in [3.05, 3.63) is 29.3 Å². The normalized spacial score (nSPS) is 18.3. The summed E-state index contributed by atoms with van der Waals surface area (Å²) in [5.41, 5.74) is 0.745. The Labute approximate surface area is 173 Å². The van der Waals surface area contributed by atoms with Gasteiger partial charge in [-0.3, -0.25) is 4.79 Å². The maximum absolute atomic E-state index is 12.8. The van der Waals surface area contributed by atoms with Crippen LogP contribution in [-0.2, 0) is 14.6 Å². The molecule has 1 aromatic carbocycles. The number of carbonyl (C=O) groups excluding carboxylic acids is 1. The van der Waals surface area contributed by atoms with Gasteiger partial charge in [0.25, 0.3) is 0 Å². The lowest BCUT2D eigenvalue weighted by atomic mass is 10.2. The highest BCUT2D eigenvalue weighted by Gasteiger charge is 2.34. The van der Waals surface area contributed by atoms with Crippen molar-refractivity contribution in [1.29, 1.82) is 0 Å². The van der Waals surface area contributed by atoms with Crippen molar-refractivity contribution >= 4 is 39.1 Å². The molecular formula is C17H22ClN5O3S2. The molecule has 0 bridgehead atoms. The maximum atomic E-state index is 12.8. The molecule has 1 aliphatic heterocycles. The maximum Gasteiger partial charge on any atom is 0.233 e. The molecule has 3 rings (SSSR count). The number of sulfone groups is 1. The first-order valence-electron chi connectivity index (χ1n) is 9.06. The Bertz CT molecular complexity index is 917. The van der Waals surface area contributed by atoms with Gasteiger partial charge in [0, 0.05) is 17.6 Å². The fraction of sp³-hybridized carbons (Fsp3) is 0.529. The van der Waals surface area contributed by atoms with Crippen LogP contribution in [0.15, 0.2) is 29.4 Å². The number of nitrogens with zero attached hydrogens (tertiary/aromatic N) is 5. The van der Waals surface area contributed by atoms with Crippen LogP contribution in [-0.4, -0.2) is 69.3 Å². The summed E-state index contributed by atoms with van der Waals surface area (Å²) >= 11 is 7.15. The summed E-state index contributed by atoms with van der Waals surface area (Å²) < 4.78 is 25.2. The fourth-order valence-electron chi connectivity index (χ4n) is 3.08. The highest BCUT2D eigenvalue weighted by Crippen LogP contribution is 2.23. The lowest BCUT2D eigenvalue weighted by Gasteiger charge is -2.28. The predicted octanol–water partition coefficient (Wildman–Crippen LogP) is 2.22. The van der Waals surface area contributed by atoms with Crippen LogP contribution in [0, 0.1) is 0 Å². The molecule has 2 aromatic rings. The van der Waals surface area contributed by atoms with E-state index in [1.165, 1.54) is 11.8 Å². The summed E-state index contributed by atoms with van der Waals surface area (Å²) in [4.78, 5) is 14.6. The second kappa shape index (κ2) is 9.23. The van der Waals surface area contributed by atoms with Crippen LogP contribution < -0.4 is 0 Å². The zero-order valence-corrected chi connectivity index (χ0v) is 17.9. The smallest absolute Gasteiger partial charge is 0.233 e. The highest BCUT2D eigenvalue weighted by molar-refractivity contribution is 7.99. The van der Waals surface area contributed by atoms with Crippen LogP contribution in [0.5, 0.6) is 0 Å². The molecule has 1 saturated heterocycles. The number of aromatic nitrogens is 4. The van der Waals surface area contributed by atoms with E-state index in [-0.39, 0.29) is 29.2 Å². The lowest BCUT2D eigenvalue weighted by molar-refractivity contribution is -0.130. The number of halogens is 1. The minimum Gasteiger partial charge on any atom is -0.338 e. The lowest BCUT2D eigenvalue weighted by Crippen LogP contribution is -2.42. The molecule has 1 fully saturated rings. The average Bonchev–Trinajstić information content (AvgIpc) is 3.27. The summed E-state index contributed by atoms with van der Waals surface area (Å²) in [5, 5.41) is 12.8. The molecule has 0 N–H and O–H groups in total. The van der Waals surface area contributed by atoms with Crippen molar-refractivity contribution in [3.63, 3.8) is 0 Å². The number of amides is 1. The highest BCUT2D eigenvalue weighted by atomic mass is 35.5. The van der Waals surface area contributed by atoms with Gasteiger partial charge in [0.2, 0.25) is 11.1 Å². The van der Waals surface area contributed by atoms with Gasteiger partial charge >= 0.3 is 0 Å². The van der Waals surface area contributed by atoms with Gasteiger partial charge < -0.3 is 4.90 Å². The first-order valence-corrected chi connectivity index (χ1v) is 12.2. The van der Waals surface area contributed by atoms with Crippen LogP contribution in [0.1, 0.15) is 26.2 Å². The SMILES string of the molecule is CCCCN(C(=O)CSc1nnnn1-c1ccc(Cl)cc1)C1CCS(=O)(=O)C1. The number of hydrogen-bond acceptors (Lipinski definition) is 7. The van der Waals surface area contributed by atoms with Gasteiger partial charge in [-0.25, -0.2) is 8.42 Å². The van der Waals surface area contributed by atoms with E-state index in [0.717, 1.165) is 18.5 Å². The third-order valence-corrected chi connectivity index (χ3v) is 7.47. The molecule has 1 aromatic heterocycles. The van der Waals surface area contributed by atoms with Crippen molar-refractivity contribution in [2.24, 2.45) is 0 Å². The van der Waals surface area contributed by atoms with E-state index >= 15 is 0 Å². The Morgan fingerprint density at radius 1 is 1.36 bits per heavy atom. The Morgan fingerprint density at radius 3 is 2.75 bits per heavy atom. The average molecular weight is 444 g/mol. The van der Waals surface area contributed by atoms with E-state index in [1.807, 2.05) is 6.92 Å². The standard InChI is InChI=1S/C17H22ClN5O3S2/c1-2-3-9-22(15-8-10-28(25,26)12-15)16(24)11-27-17-19-20-21-23(17)14-6-4-13(18)5-7-14/h4-7,15H,2-3,8-12H2,1H3. The first-order chi connectivity index (χ1) is 13.4. The van der Waals surface area contributed by atoms with E-state index < -0.39 is 9.84 Å². The number of unbranched alkanes of at least 4 members (excludes halogenated alkanes) is 1. The molecule has 0 spiro atoms. The molecule has 0 aliphatic carbocycles. The molecule has 0 saturated carbocycles. The third kappa shape index (κ3) is 5.24. The first kappa shape index (κ1) is 21.1. The second-order valence-corrected chi connectivity index (χ2v) is 10.2. The Kier molecular flexibility index (Phi) is 6.95. The van der Waals surface area contributed by atoms with Crippen LogP contribution in [0.4, 0.5) is 0 Å². The number of benzene rings is 1. The largest absolute Gasteiger partial charge is 0.338 e. The molecular weight excluding hydrogens is 422 g/mol. The molecule has 8 nitrogen and oxygen atoms in total. The molecule has 1 aliphatic rings. The van der Waals surface area contributed by atoms with Crippen LogP contribution in [0.2, 0.25) is 5.02 Å². The minimum absolute atomic E-state index is 0.0512. The van der Waals surface area contributed by atoms with Gasteiger partial charge in [-0.1, -0.05) is 36.7 Å². The van der Waals surface area contributed by atoms with E-state index in [1.54, 1.807) is 33.8 Å². The van der Waals surface area contributed by atoms with E-state index in [4.69, 9.17) is 11.6 Å². The molecule has 0 radical (unpaired) electrons. The van der Waals surface area contributed by atoms with Crippen molar-refractivity contribution in [3.8, 4) is 5.69 Å². The molecule has 28 heavy (non-hydrogen) atoms. The zero-order chi connectivity index (χ0) is 20.1. The van der Waals surface area contributed by atoms with Crippen LogP contribution in [0.3, 0.4) is 0 Å². The third-order valence-electron chi connectivity index (χ3n) is 4.56. The predicted molar refractivity (Wildman–Crippen MR) is 109 cm³/mol. The molecule has 1 atom stereocenters. The zero-order valence-electron chi connectivity index (χ0n) is 15.5. The monoisotopic (exact) mass is 443 g/mol. The summed E-state index contributed by atoms with van der Waals surface area (Å²) in [7, 11) is -3.05. The quantitative estimate of drug-likeness (QED) is 0.577. The number of hydrogen-bond donors (Lipinski definition) is 0. The Morgan fingerprint density at radius 2 is 2.11 bits per heavy atom. The molecule has 1 unspecified atom stereocenters. The number of thioether (sulfide) groups is 1. The minimum atomic E-state index is -3.05. The Hall–Kier alpha value is -1.65. The van der Waals surface area contributed by atoms with E-state index in [0.29, 0.717) is 23.1 Å². The molecule has 2 heterocycles. The summed E-state index contributed by atoms with van der Waals surface area (Å²) in [6.45, 7) is 2.61. The van der Waals surface area contributed by atoms with Crippen molar-refractivity contribution in [1.82, 2.24) is 25.1 Å². The summed E-state index contributed by atoms with van der Waals surface area (Å²) in [5.74, 6) is 0.255. The van der Waals surface area contributed by atoms with Gasteiger partial charge in [0.1, 0.15) is 0 Å². The molecule has 11 heteroatoms. The fourth-order valence-corrected chi connectivity index (χ4v) is 5.72. The van der Waals surface area contributed by atoms with Gasteiger partial charge in [-0.05, 0) is 47.5 Å². The van der Waals surface area contributed by atoms with Crippen molar-refractivity contribution < 1.29 is 13.2 Å². The van der Waals surface area contributed by atoms with Crippen molar-refractivity contribution in [2.45, 2.75) is 37.4 Å². The van der Waals surface area contributed by atoms with E-state index in [9.17, 15) is 13.2 Å². The van der Waals surface area contributed by atoms with Gasteiger partial charge in [-0.2, -0.15) is 4.68 Å².